The first-order valence-corrected chi connectivity index (χ1v) is 6.43. The molecule has 1 fully saturated rings. The van der Waals surface area contributed by atoms with Gasteiger partial charge in [0, 0.05) is 13.1 Å². The number of halogens is 1. The number of likely N-dealkylation sites (tertiary alicyclic amines) is 1. The summed E-state index contributed by atoms with van der Waals surface area (Å²) in [4.78, 5) is 25.2. The lowest BCUT2D eigenvalue weighted by atomic mass is 10.1. The monoisotopic (exact) mass is 264 g/mol. The Bertz CT molecular complexity index is 467. The van der Waals surface area contributed by atoms with E-state index < -0.39 is 11.8 Å². The van der Waals surface area contributed by atoms with Crippen molar-refractivity contribution in [2.24, 2.45) is 0 Å². The third kappa shape index (κ3) is 3.30. The molecule has 1 aromatic rings. The van der Waals surface area contributed by atoms with E-state index in [1.165, 1.54) is 12.1 Å². The summed E-state index contributed by atoms with van der Waals surface area (Å²) in [5.41, 5.74) is 0.768. The number of rotatable bonds is 2. The van der Waals surface area contributed by atoms with Crippen LogP contribution < -0.4 is 5.32 Å². The quantitative estimate of drug-likeness (QED) is 0.825. The van der Waals surface area contributed by atoms with Crippen LogP contribution in [-0.2, 0) is 9.59 Å². The van der Waals surface area contributed by atoms with Gasteiger partial charge in [-0.15, -0.1) is 0 Å². The van der Waals surface area contributed by atoms with Gasteiger partial charge in [0.2, 0.25) is 0 Å². The van der Waals surface area contributed by atoms with Crippen LogP contribution in [0, 0.1) is 5.82 Å². The normalized spacial score (nSPS) is 16.2. The van der Waals surface area contributed by atoms with E-state index in [1.54, 1.807) is 24.0 Å². The third-order valence-corrected chi connectivity index (χ3v) is 3.31. The molecule has 102 valence electrons. The molecule has 1 unspecified atom stereocenters. The second kappa shape index (κ2) is 5.82. The summed E-state index contributed by atoms with van der Waals surface area (Å²) in [6.45, 7) is 3.07. The fourth-order valence-electron chi connectivity index (χ4n) is 2.16. The van der Waals surface area contributed by atoms with Gasteiger partial charge in [-0.3, -0.25) is 9.59 Å². The number of carbonyl (C=O) groups excluding carboxylic acids is 2. The maximum Gasteiger partial charge on any atom is 0.311 e. The van der Waals surface area contributed by atoms with E-state index in [9.17, 15) is 14.0 Å². The number of nitrogens with one attached hydrogen (secondary N) is 1. The molecule has 0 saturated carbocycles. The lowest BCUT2D eigenvalue weighted by Crippen LogP contribution is -2.42. The van der Waals surface area contributed by atoms with Crippen molar-refractivity contribution >= 4 is 11.8 Å². The molecule has 0 radical (unpaired) electrons. The molecule has 2 rings (SSSR count). The highest BCUT2D eigenvalue weighted by Gasteiger charge is 2.25. The highest BCUT2D eigenvalue weighted by atomic mass is 19.1. The van der Waals surface area contributed by atoms with Gasteiger partial charge in [-0.25, -0.2) is 4.39 Å². The molecule has 2 amide bonds. The first-order valence-electron chi connectivity index (χ1n) is 6.43. The van der Waals surface area contributed by atoms with E-state index in [0.29, 0.717) is 13.1 Å². The Morgan fingerprint density at radius 1 is 1.21 bits per heavy atom. The van der Waals surface area contributed by atoms with Gasteiger partial charge in [0.25, 0.3) is 0 Å². The molecular formula is C14H17FN2O2. The van der Waals surface area contributed by atoms with Crippen molar-refractivity contribution in [3.8, 4) is 0 Å². The summed E-state index contributed by atoms with van der Waals surface area (Å²) in [6.07, 6.45) is 1.90. The summed E-state index contributed by atoms with van der Waals surface area (Å²) >= 11 is 0. The topological polar surface area (TPSA) is 49.4 Å². The summed E-state index contributed by atoms with van der Waals surface area (Å²) in [5, 5.41) is 2.64. The number of hydrogen-bond acceptors (Lipinski definition) is 2. The van der Waals surface area contributed by atoms with Gasteiger partial charge in [-0.2, -0.15) is 0 Å². The molecule has 0 aliphatic carbocycles. The van der Waals surface area contributed by atoms with Gasteiger partial charge in [-0.1, -0.05) is 12.1 Å². The van der Waals surface area contributed by atoms with Crippen LogP contribution in [0.25, 0.3) is 0 Å². The van der Waals surface area contributed by atoms with Crippen LogP contribution in [0.5, 0.6) is 0 Å². The maximum absolute atomic E-state index is 12.8. The molecule has 1 atom stereocenters. The summed E-state index contributed by atoms with van der Waals surface area (Å²) in [7, 11) is 0. The minimum Gasteiger partial charge on any atom is -0.341 e. The van der Waals surface area contributed by atoms with Crippen molar-refractivity contribution in [3.63, 3.8) is 0 Å². The van der Waals surface area contributed by atoms with Gasteiger partial charge in [0.1, 0.15) is 5.82 Å². The average Bonchev–Trinajstić information content (AvgIpc) is 2.92. The van der Waals surface area contributed by atoms with E-state index in [4.69, 9.17) is 0 Å². The SMILES string of the molecule is CC(NC(=O)C(=O)N1CCCC1)c1ccc(F)cc1. The molecule has 0 spiro atoms. The summed E-state index contributed by atoms with van der Waals surface area (Å²) in [6, 6.07) is 5.54. The zero-order chi connectivity index (χ0) is 13.8. The van der Waals surface area contributed by atoms with Gasteiger partial charge >= 0.3 is 11.8 Å². The third-order valence-electron chi connectivity index (χ3n) is 3.31. The number of hydrogen-bond donors (Lipinski definition) is 1. The number of benzene rings is 1. The summed E-state index contributed by atoms with van der Waals surface area (Å²) in [5.74, 6) is -1.40. The molecule has 1 N–H and O–H groups in total. The van der Waals surface area contributed by atoms with Crippen molar-refractivity contribution in [2.45, 2.75) is 25.8 Å². The molecule has 5 heteroatoms. The highest BCUT2D eigenvalue weighted by Crippen LogP contribution is 2.13. The molecule has 4 nitrogen and oxygen atoms in total. The van der Waals surface area contributed by atoms with Crippen molar-refractivity contribution < 1.29 is 14.0 Å². The second-order valence-corrected chi connectivity index (χ2v) is 4.75. The summed E-state index contributed by atoms with van der Waals surface area (Å²) < 4.78 is 12.8. The smallest absolute Gasteiger partial charge is 0.311 e. The predicted molar refractivity (Wildman–Crippen MR) is 68.8 cm³/mol. The predicted octanol–water partition coefficient (Wildman–Crippen LogP) is 1.63. The van der Waals surface area contributed by atoms with Crippen LogP contribution in [0.2, 0.25) is 0 Å². The largest absolute Gasteiger partial charge is 0.341 e. The maximum atomic E-state index is 12.8. The van der Waals surface area contributed by atoms with Crippen molar-refractivity contribution in [1.29, 1.82) is 0 Å². The molecular weight excluding hydrogens is 247 g/mol. The Labute approximate surface area is 111 Å². The van der Waals surface area contributed by atoms with Crippen LogP contribution in [0.3, 0.4) is 0 Å². The minimum absolute atomic E-state index is 0.320. The molecule has 1 aromatic carbocycles. The van der Waals surface area contributed by atoms with Crippen LogP contribution in [0.15, 0.2) is 24.3 Å². The van der Waals surface area contributed by atoms with Crippen molar-refractivity contribution in [2.75, 3.05) is 13.1 Å². The minimum atomic E-state index is -0.598. The van der Waals surface area contributed by atoms with Crippen LogP contribution in [0.1, 0.15) is 31.4 Å². The van der Waals surface area contributed by atoms with Crippen molar-refractivity contribution in [1.82, 2.24) is 10.2 Å². The van der Waals surface area contributed by atoms with Crippen LogP contribution >= 0.6 is 0 Å². The first kappa shape index (κ1) is 13.5. The Kier molecular flexibility index (Phi) is 4.14. The van der Waals surface area contributed by atoms with Gasteiger partial charge < -0.3 is 10.2 Å². The lowest BCUT2D eigenvalue weighted by Gasteiger charge is -2.18. The Hall–Kier alpha value is -1.91. The number of nitrogens with zero attached hydrogens (tertiary/aromatic N) is 1. The zero-order valence-corrected chi connectivity index (χ0v) is 10.9. The Balaban J connectivity index is 1.94. The molecule has 0 aromatic heterocycles. The van der Waals surface area contributed by atoms with Gasteiger partial charge in [0.05, 0.1) is 6.04 Å². The Morgan fingerprint density at radius 2 is 1.79 bits per heavy atom. The molecule has 0 bridgehead atoms. The zero-order valence-electron chi connectivity index (χ0n) is 10.9. The fraction of sp³-hybridized carbons (Fsp3) is 0.429. The van der Waals surface area contributed by atoms with Crippen LogP contribution in [-0.4, -0.2) is 29.8 Å². The van der Waals surface area contributed by atoms with Crippen LogP contribution in [0.4, 0.5) is 4.39 Å². The van der Waals surface area contributed by atoms with E-state index in [0.717, 1.165) is 18.4 Å². The van der Waals surface area contributed by atoms with Gasteiger partial charge in [0.15, 0.2) is 0 Å². The molecule has 1 aliphatic rings. The second-order valence-electron chi connectivity index (χ2n) is 4.75. The number of amides is 2. The lowest BCUT2D eigenvalue weighted by molar-refractivity contribution is -0.145. The average molecular weight is 264 g/mol. The molecule has 1 saturated heterocycles. The Morgan fingerprint density at radius 3 is 2.37 bits per heavy atom. The van der Waals surface area contributed by atoms with E-state index in [2.05, 4.69) is 5.32 Å². The standard InChI is InChI=1S/C14H17FN2O2/c1-10(11-4-6-12(15)7-5-11)16-13(18)14(19)17-8-2-3-9-17/h4-7,10H,2-3,8-9H2,1H3,(H,16,18). The van der Waals surface area contributed by atoms with E-state index >= 15 is 0 Å². The molecule has 19 heavy (non-hydrogen) atoms. The van der Waals surface area contributed by atoms with Crippen molar-refractivity contribution in [3.05, 3.63) is 35.6 Å². The highest BCUT2D eigenvalue weighted by molar-refractivity contribution is 6.35. The molecule has 1 aliphatic heterocycles. The van der Waals surface area contributed by atoms with E-state index in [-0.39, 0.29) is 11.9 Å². The van der Waals surface area contributed by atoms with E-state index in [1.807, 2.05) is 0 Å². The number of carbonyl (C=O) groups is 2. The first-order chi connectivity index (χ1) is 9.08. The van der Waals surface area contributed by atoms with Gasteiger partial charge in [-0.05, 0) is 37.5 Å². The molecule has 1 heterocycles. The fourth-order valence-corrected chi connectivity index (χ4v) is 2.16.